The number of methoxy groups -OCH3 is 1. The highest BCUT2D eigenvalue weighted by Crippen LogP contribution is 2.26. The van der Waals surface area contributed by atoms with Gasteiger partial charge in [-0.2, -0.15) is 0 Å². The molecular formula is C15H20N2OS. The number of nitrogens with zero attached hydrogens (tertiary/aromatic N) is 1. The van der Waals surface area contributed by atoms with Gasteiger partial charge in [-0.1, -0.05) is 25.1 Å². The standard InChI is InChI=1S/C15H20N2OS/c1-3-8-17-13(15-10-16-11-19-15)9-12-6-4-5-7-14(12)18-2/h4-7,10-11,13,17H,3,8-9H2,1-2H3. The molecule has 4 heteroatoms. The Hall–Kier alpha value is -1.39. The Morgan fingerprint density at radius 2 is 2.21 bits per heavy atom. The van der Waals surface area contributed by atoms with E-state index in [2.05, 4.69) is 29.4 Å². The predicted octanol–water partition coefficient (Wildman–Crippen LogP) is 3.44. The van der Waals surface area contributed by atoms with E-state index >= 15 is 0 Å². The fraction of sp³-hybridized carbons (Fsp3) is 0.400. The molecule has 1 N–H and O–H groups in total. The van der Waals surface area contributed by atoms with Crippen LogP contribution in [-0.2, 0) is 6.42 Å². The van der Waals surface area contributed by atoms with Crippen LogP contribution in [0.25, 0.3) is 0 Å². The first-order valence-electron chi connectivity index (χ1n) is 6.58. The largest absolute Gasteiger partial charge is 0.496 e. The maximum Gasteiger partial charge on any atom is 0.122 e. The van der Waals surface area contributed by atoms with Crippen LogP contribution in [0.5, 0.6) is 5.75 Å². The highest BCUT2D eigenvalue weighted by Gasteiger charge is 2.15. The number of ether oxygens (including phenoxy) is 1. The fourth-order valence-corrected chi connectivity index (χ4v) is 2.78. The van der Waals surface area contributed by atoms with Gasteiger partial charge < -0.3 is 10.1 Å². The normalized spacial score (nSPS) is 12.3. The van der Waals surface area contributed by atoms with Crippen molar-refractivity contribution in [1.29, 1.82) is 0 Å². The molecule has 2 aromatic rings. The molecule has 0 spiro atoms. The van der Waals surface area contributed by atoms with Gasteiger partial charge in [0.05, 0.1) is 12.6 Å². The summed E-state index contributed by atoms with van der Waals surface area (Å²) in [6.45, 7) is 3.19. The van der Waals surface area contributed by atoms with Crippen LogP contribution >= 0.6 is 11.3 Å². The number of nitrogens with one attached hydrogen (secondary N) is 1. The lowest BCUT2D eigenvalue weighted by molar-refractivity contribution is 0.405. The van der Waals surface area contributed by atoms with E-state index in [1.165, 1.54) is 10.4 Å². The third kappa shape index (κ3) is 3.78. The second-order valence-corrected chi connectivity index (χ2v) is 5.34. The summed E-state index contributed by atoms with van der Waals surface area (Å²) in [5.41, 5.74) is 3.12. The van der Waals surface area contributed by atoms with Gasteiger partial charge in [0, 0.05) is 17.1 Å². The third-order valence-electron chi connectivity index (χ3n) is 3.05. The van der Waals surface area contributed by atoms with E-state index < -0.39 is 0 Å². The van der Waals surface area contributed by atoms with Crippen LogP contribution in [0.4, 0.5) is 0 Å². The number of aromatic nitrogens is 1. The van der Waals surface area contributed by atoms with Crippen molar-refractivity contribution in [3.63, 3.8) is 0 Å². The number of thiazole rings is 1. The molecule has 19 heavy (non-hydrogen) atoms. The van der Waals surface area contributed by atoms with Gasteiger partial charge in [0.2, 0.25) is 0 Å². The Morgan fingerprint density at radius 1 is 1.37 bits per heavy atom. The van der Waals surface area contributed by atoms with E-state index in [9.17, 15) is 0 Å². The monoisotopic (exact) mass is 276 g/mol. The summed E-state index contributed by atoms with van der Waals surface area (Å²) < 4.78 is 5.43. The molecule has 0 fully saturated rings. The topological polar surface area (TPSA) is 34.1 Å². The van der Waals surface area contributed by atoms with Gasteiger partial charge in [-0.3, -0.25) is 4.98 Å². The minimum absolute atomic E-state index is 0.309. The molecule has 1 atom stereocenters. The van der Waals surface area contributed by atoms with Crippen LogP contribution in [0.1, 0.15) is 29.8 Å². The van der Waals surface area contributed by atoms with Gasteiger partial charge in [-0.25, -0.2) is 0 Å². The molecule has 0 radical (unpaired) electrons. The molecule has 3 nitrogen and oxygen atoms in total. The number of hydrogen-bond acceptors (Lipinski definition) is 4. The SMILES string of the molecule is CCCNC(Cc1ccccc1OC)c1cncs1. The first kappa shape index (κ1) is 14.0. The van der Waals surface area contributed by atoms with E-state index in [4.69, 9.17) is 4.74 Å². The Kier molecular flexibility index (Phi) is 5.36. The van der Waals surface area contributed by atoms with Gasteiger partial charge in [0.25, 0.3) is 0 Å². The Morgan fingerprint density at radius 3 is 2.89 bits per heavy atom. The van der Waals surface area contributed by atoms with Crippen molar-refractivity contribution in [3.8, 4) is 5.75 Å². The molecule has 0 amide bonds. The second-order valence-electron chi connectivity index (χ2n) is 4.43. The zero-order chi connectivity index (χ0) is 13.5. The molecule has 0 aliphatic rings. The molecule has 0 saturated heterocycles. The lowest BCUT2D eigenvalue weighted by atomic mass is 10.0. The lowest BCUT2D eigenvalue weighted by Gasteiger charge is -2.18. The van der Waals surface area contributed by atoms with Crippen molar-refractivity contribution in [2.24, 2.45) is 0 Å². The van der Waals surface area contributed by atoms with Gasteiger partial charge in [0.1, 0.15) is 5.75 Å². The number of para-hydroxylation sites is 1. The maximum atomic E-state index is 5.43. The Labute approximate surface area is 118 Å². The Balaban J connectivity index is 2.15. The van der Waals surface area contributed by atoms with Crippen LogP contribution in [-0.4, -0.2) is 18.6 Å². The van der Waals surface area contributed by atoms with Crippen molar-refractivity contribution in [3.05, 3.63) is 46.4 Å². The van der Waals surface area contributed by atoms with E-state index in [-0.39, 0.29) is 0 Å². The average Bonchev–Trinajstić information content (AvgIpc) is 2.98. The lowest BCUT2D eigenvalue weighted by Crippen LogP contribution is -2.23. The van der Waals surface area contributed by atoms with Crippen LogP contribution < -0.4 is 10.1 Å². The van der Waals surface area contributed by atoms with Gasteiger partial charge in [0.15, 0.2) is 0 Å². The van der Waals surface area contributed by atoms with Gasteiger partial charge in [-0.05, 0) is 31.0 Å². The van der Waals surface area contributed by atoms with Crippen LogP contribution in [0.2, 0.25) is 0 Å². The molecule has 0 saturated carbocycles. The molecule has 1 unspecified atom stereocenters. The molecule has 1 aromatic carbocycles. The Bertz CT molecular complexity index is 485. The third-order valence-corrected chi connectivity index (χ3v) is 3.94. The second kappa shape index (κ2) is 7.26. The van der Waals surface area contributed by atoms with Crippen molar-refractivity contribution < 1.29 is 4.74 Å². The zero-order valence-corrected chi connectivity index (χ0v) is 12.2. The molecule has 0 aliphatic carbocycles. The molecule has 102 valence electrons. The summed E-state index contributed by atoms with van der Waals surface area (Å²) in [4.78, 5) is 5.46. The smallest absolute Gasteiger partial charge is 0.122 e. The number of benzene rings is 1. The molecular weight excluding hydrogens is 256 g/mol. The van der Waals surface area contributed by atoms with Crippen molar-refractivity contribution in [2.45, 2.75) is 25.8 Å². The highest BCUT2D eigenvalue weighted by atomic mass is 32.1. The predicted molar refractivity (Wildman–Crippen MR) is 79.8 cm³/mol. The fourth-order valence-electron chi connectivity index (χ4n) is 2.08. The van der Waals surface area contributed by atoms with E-state index in [1.807, 2.05) is 23.8 Å². The zero-order valence-electron chi connectivity index (χ0n) is 11.4. The van der Waals surface area contributed by atoms with Crippen LogP contribution in [0, 0.1) is 0 Å². The first-order valence-corrected chi connectivity index (χ1v) is 7.46. The van der Waals surface area contributed by atoms with Gasteiger partial charge in [-0.15, -0.1) is 11.3 Å². The summed E-state index contributed by atoms with van der Waals surface area (Å²) in [6.07, 6.45) is 4.00. The van der Waals surface area contributed by atoms with Crippen LogP contribution in [0.3, 0.4) is 0 Å². The summed E-state index contributed by atoms with van der Waals surface area (Å²) in [6, 6.07) is 8.51. The van der Waals surface area contributed by atoms with E-state index in [0.717, 1.165) is 25.1 Å². The number of rotatable bonds is 7. The first-order chi connectivity index (χ1) is 9.35. The molecule has 0 bridgehead atoms. The maximum absolute atomic E-state index is 5.43. The molecule has 1 aromatic heterocycles. The van der Waals surface area contributed by atoms with Gasteiger partial charge >= 0.3 is 0 Å². The van der Waals surface area contributed by atoms with Crippen molar-refractivity contribution in [1.82, 2.24) is 10.3 Å². The summed E-state index contributed by atoms with van der Waals surface area (Å²) >= 11 is 1.70. The van der Waals surface area contributed by atoms with E-state index in [0.29, 0.717) is 6.04 Å². The summed E-state index contributed by atoms with van der Waals surface area (Å²) in [7, 11) is 1.72. The summed E-state index contributed by atoms with van der Waals surface area (Å²) in [5, 5.41) is 3.59. The van der Waals surface area contributed by atoms with Crippen LogP contribution in [0.15, 0.2) is 36.0 Å². The average molecular weight is 276 g/mol. The minimum atomic E-state index is 0.309. The molecule has 0 aliphatic heterocycles. The molecule has 1 heterocycles. The summed E-state index contributed by atoms with van der Waals surface area (Å²) in [5.74, 6) is 0.954. The minimum Gasteiger partial charge on any atom is -0.496 e. The highest BCUT2D eigenvalue weighted by molar-refractivity contribution is 7.09. The van der Waals surface area contributed by atoms with Crippen molar-refractivity contribution >= 4 is 11.3 Å². The van der Waals surface area contributed by atoms with Crippen molar-refractivity contribution in [2.75, 3.05) is 13.7 Å². The molecule has 2 rings (SSSR count). The quantitative estimate of drug-likeness (QED) is 0.841. The van der Waals surface area contributed by atoms with E-state index in [1.54, 1.807) is 18.4 Å². The number of hydrogen-bond donors (Lipinski definition) is 1.